The smallest absolute Gasteiger partial charge is 0.344 e. The third-order valence-corrected chi connectivity index (χ3v) is 3.17. The fourth-order valence-corrected chi connectivity index (χ4v) is 2.39. The van der Waals surface area contributed by atoms with E-state index in [0.717, 1.165) is 12.0 Å². The molecule has 0 N–H and O–H groups in total. The quantitative estimate of drug-likeness (QED) is 0.746. The molecule has 17 heavy (non-hydrogen) atoms. The molecule has 0 saturated heterocycles. The van der Waals surface area contributed by atoms with Gasteiger partial charge in [-0.05, 0) is 22.4 Å². The van der Waals surface area contributed by atoms with Crippen LogP contribution in [0.4, 0.5) is 0 Å². The second kappa shape index (κ2) is 6.21. The molecule has 0 saturated carbocycles. The summed E-state index contributed by atoms with van der Waals surface area (Å²) in [6.07, 6.45) is 0.720. The molecular formula is C11H12BrClO4. The molecule has 4 nitrogen and oxygen atoms in total. The first-order valence-corrected chi connectivity index (χ1v) is 6.34. The van der Waals surface area contributed by atoms with Crippen molar-refractivity contribution in [3.63, 3.8) is 0 Å². The molecule has 1 rings (SSSR count). The highest BCUT2D eigenvalue weighted by Crippen LogP contribution is 2.35. The van der Waals surface area contributed by atoms with Gasteiger partial charge in [-0.2, -0.15) is 0 Å². The van der Waals surface area contributed by atoms with Crippen molar-refractivity contribution in [2.24, 2.45) is 0 Å². The van der Waals surface area contributed by atoms with E-state index in [4.69, 9.17) is 21.1 Å². The molecule has 0 aromatic heterocycles. The highest BCUT2D eigenvalue weighted by Gasteiger charge is 2.35. The highest BCUT2D eigenvalue weighted by atomic mass is 79.9. The third kappa shape index (κ3) is 3.33. The van der Waals surface area contributed by atoms with Crippen LogP contribution in [0.3, 0.4) is 0 Å². The lowest BCUT2D eigenvalue weighted by Crippen LogP contribution is -2.22. The van der Waals surface area contributed by atoms with Crippen LogP contribution in [0, 0.1) is 0 Å². The molecule has 6 heteroatoms. The minimum atomic E-state index is -0.603. The van der Waals surface area contributed by atoms with Crippen LogP contribution in [0.15, 0.2) is 21.3 Å². The summed E-state index contributed by atoms with van der Waals surface area (Å²) in [7, 11) is 0. The third-order valence-electron chi connectivity index (χ3n) is 2.16. The number of hydrogen-bond acceptors (Lipinski definition) is 4. The predicted molar refractivity (Wildman–Crippen MR) is 66.4 cm³/mol. The Morgan fingerprint density at radius 1 is 1.65 bits per heavy atom. The van der Waals surface area contributed by atoms with E-state index in [9.17, 15) is 9.59 Å². The zero-order valence-corrected chi connectivity index (χ0v) is 11.8. The van der Waals surface area contributed by atoms with Gasteiger partial charge in [0.15, 0.2) is 5.76 Å². The fourth-order valence-electron chi connectivity index (χ4n) is 1.49. The fraction of sp³-hybridized carbons (Fsp3) is 0.455. The number of carbonyl (C=O) groups is 2. The van der Waals surface area contributed by atoms with Gasteiger partial charge in [0.1, 0.15) is 6.10 Å². The van der Waals surface area contributed by atoms with Crippen molar-refractivity contribution in [1.29, 1.82) is 0 Å². The summed E-state index contributed by atoms with van der Waals surface area (Å²) in [6, 6.07) is 0. The molecule has 1 heterocycles. The molecule has 0 radical (unpaired) electrons. The Morgan fingerprint density at radius 3 is 2.71 bits per heavy atom. The molecule has 0 bridgehead atoms. The van der Waals surface area contributed by atoms with Crippen LogP contribution in [0.2, 0.25) is 0 Å². The first-order valence-electron chi connectivity index (χ1n) is 5.11. The lowest BCUT2D eigenvalue weighted by molar-refractivity contribution is -0.146. The van der Waals surface area contributed by atoms with E-state index in [1.54, 1.807) is 0 Å². The number of allylic oxidation sites excluding steroid dienone is 1. The lowest BCUT2D eigenvalue weighted by atomic mass is 10.1. The Labute approximate surface area is 113 Å². The Balaban J connectivity index is 3.04. The van der Waals surface area contributed by atoms with Gasteiger partial charge in [-0.1, -0.05) is 24.9 Å². The molecule has 0 aromatic rings. The molecule has 0 fully saturated rings. The number of hydrogen-bond donors (Lipinski definition) is 0. The van der Waals surface area contributed by atoms with Gasteiger partial charge >= 0.3 is 11.9 Å². The van der Waals surface area contributed by atoms with Gasteiger partial charge in [0.05, 0.1) is 10.1 Å². The maximum Gasteiger partial charge on any atom is 0.344 e. The van der Waals surface area contributed by atoms with E-state index < -0.39 is 18.0 Å². The van der Waals surface area contributed by atoms with Crippen molar-refractivity contribution in [3.8, 4) is 0 Å². The minimum absolute atomic E-state index is 0.236. The molecule has 0 spiro atoms. The minimum Gasteiger partial charge on any atom is -0.457 e. The Morgan fingerprint density at radius 2 is 2.29 bits per heavy atom. The van der Waals surface area contributed by atoms with Crippen LogP contribution in [0.5, 0.6) is 0 Å². The van der Waals surface area contributed by atoms with Gasteiger partial charge in [0, 0.05) is 12.5 Å². The topological polar surface area (TPSA) is 52.6 Å². The zero-order valence-electron chi connectivity index (χ0n) is 9.46. The maximum absolute atomic E-state index is 11.7. The van der Waals surface area contributed by atoms with E-state index in [2.05, 4.69) is 15.9 Å². The summed E-state index contributed by atoms with van der Waals surface area (Å²) in [6.45, 7) is 3.24. The summed E-state index contributed by atoms with van der Waals surface area (Å²) >= 11 is 8.73. The SMILES string of the molecule is CCC[C@@H](OC(C)=O)C1=C(Br)/C(=C/Cl)OC1=O. The molecule has 0 unspecified atom stereocenters. The second-order valence-electron chi connectivity index (χ2n) is 3.48. The van der Waals surface area contributed by atoms with Crippen molar-refractivity contribution < 1.29 is 19.1 Å². The Kier molecular flexibility index (Phi) is 5.21. The molecule has 1 aliphatic rings. The van der Waals surface area contributed by atoms with Crippen LogP contribution in [-0.4, -0.2) is 18.0 Å². The zero-order chi connectivity index (χ0) is 13.0. The number of ether oxygens (including phenoxy) is 2. The van der Waals surface area contributed by atoms with E-state index in [-0.39, 0.29) is 5.76 Å². The van der Waals surface area contributed by atoms with Crippen LogP contribution in [0.1, 0.15) is 26.7 Å². The van der Waals surface area contributed by atoms with Crippen LogP contribution < -0.4 is 0 Å². The van der Waals surface area contributed by atoms with Gasteiger partial charge in [0.25, 0.3) is 0 Å². The number of rotatable bonds is 4. The molecule has 1 atom stereocenters. The molecule has 0 aromatic carbocycles. The molecule has 1 aliphatic heterocycles. The van der Waals surface area contributed by atoms with Crippen LogP contribution >= 0.6 is 27.5 Å². The van der Waals surface area contributed by atoms with Gasteiger partial charge in [0.2, 0.25) is 0 Å². The average molecular weight is 324 g/mol. The van der Waals surface area contributed by atoms with E-state index in [0.29, 0.717) is 16.5 Å². The van der Waals surface area contributed by atoms with Crippen LogP contribution in [0.25, 0.3) is 0 Å². The molecular weight excluding hydrogens is 311 g/mol. The summed E-state index contributed by atoms with van der Waals surface area (Å²) in [5, 5.41) is 0. The van der Waals surface area contributed by atoms with Gasteiger partial charge in [-0.25, -0.2) is 4.79 Å². The molecule has 94 valence electrons. The number of halogens is 2. The average Bonchev–Trinajstić information content (AvgIpc) is 2.52. The van der Waals surface area contributed by atoms with Crippen LogP contribution in [-0.2, 0) is 19.1 Å². The lowest BCUT2D eigenvalue weighted by Gasteiger charge is -2.15. The standard InChI is InChI=1S/C11H12BrClO4/c1-3-4-7(16-6(2)14)9-10(12)8(5-13)17-11(9)15/h5,7H,3-4H2,1-2H3/b8-5-/t7-/m1/s1. The summed E-state index contributed by atoms with van der Waals surface area (Å²) < 4.78 is 10.5. The van der Waals surface area contributed by atoms with Gasteiger partial charge in [-0.15, -0.1) is 0 Å². The largest absolute Gasteiger partial charge is 0.457 e. The van der Waals surface area contributed by atoms with E-state index >= 15 is 0 Å². The monoisotopic (exact) mass is 322 g/mol. The van der Waals surface area contributed by atoms with Crippen molar-refractivity contribution in [2.75, 3.05) is 0 Å². The first kappa shape index (κ1) is 14.3. The highest BCUT2D eigenvalue weighted by molar-refractivity contribution is 9.12. The molecule has 0 aliphatic carbocycles. The maximum atomic E-state index is 11.7. The Hall–Kier alpha value is -0.810. The summed E-state index contributed by atoms with van der Waals surface area (Å²) in [4.78, 5) is 22.6. The van der Waals surface area contributed by atoms with Gasteiger partial charge in [-0.3, -0.25) is 4.79 Å². The Bertz CT molecular complexity index is 400. The van der Waals surface area contributed by atoms with Crippen molar-refractivity contribution in [1.82, 2.24) is 0 Å². The predicted octanol–water partition coefficient (Wildman–Crippen LogP) is 3.00. The van der Waals surface area contributed by atoms with Crippen molar-refractivity contribution >= 4 is 39.5 Å². The van der Waals surface area contributed by atoms with Crippen molar-refractivity contribution in [2.45, 2.75) is 32.8 Å². The number of esters is 2. The summed E-state index contributed by atoms with van der Waals surface area (Å²) in [5.41, 5.74) is 1.46. The first-order chi connectivity index (χ1) is 8.01. The molecule has 0 amide bonds. The van der Waals surface area contributed by atoms with Crippen molar-refractivity contribution in [3.05, 3.63) is 21.3 Å². The van der Waals surface area contributed by atoms with E-state index in [1.165, 1.54) is 6.92 Å². The number of cyclic esters (lactones) is 1. The van der Waals surface area contributed by atoms with E-state index in [1.807, 2.05) is 6.92 Å². The second-order valence-corrected chi connectivity index (χ2v) is 4.49. The number of carbonyl (C=O) groups excluding carboxylic acids is 2. The normalized spacial score (nSPS) is 19.5. The summed E-state index contributed by atoms with van der Waals surface area (Å²) in [5.74, 6) is -0.740. The van der Waals surface area contributed by atoms with Gasteiger partial charge < -0.3 is 9.47 Å².